The van der Waals surface area contributed by atoms with E-state index in [1.54, 1.807) is 0 Å². The zero-order valence-electron chi connectivity index (χ0n) is 13.9. The van der Waals surface area contributed by atoms with Crippen molar-refractivity contribution in [3.63, 3.8) is 0 Å². The van der Waals surface area contributed by atoms with Gasteiger partial charge in [-0.05, 0) is 13.8 Å². The molecule has 0 spiro atoms. The number of amides is 2. The molecule has 3 N–H and O–H groups in total. The third kappa shape index (κ3) is 22.3. The van der Waals surface area contributed by atoms with Crippen LogP contribution < -0.4 is 10.6 Å². The Morgan fingerprint density at radius 3 is 2.05 bits per heavy atom. The van der Waals surface area contributed by atoms with Gasteiger partial charge in [-0.1, -0.05) is 20.8 Å². The van der Waals surface area contributed by atoms with Crippen molar-refractivity contribution in [2.45, 2.75) is 40.7 Å². The van der Waals surface area contributed by atoms with Gasteiger partial charge in [0.2, 0.25) is 5.91 Å². The molecule has 123 valence electrons. The number of hydrogen-bond donors (Lipinski definition) is 3. The van der Waals surface area contributed by atoms with Crippen LogP contribution in [0.5, 0.6) is 0 Å². The Morgan fingerprint density at radius 1 is 1.24 bits per heavy atom. The third-order valence-electron chi connectivity index (χ3n) is 1.90. The van der Waals surface area contributed by atoms with Gasteiger partial charge in [0, 0.05) is 50.7 Å². The second-order valence-corrected chi connectivity index (χ2v) is 5.56. The Hall–Kier alpha value is -0.166. The summed E-state index contributed by atoms with van der Waals surface area (Å²) in [5.41, 5.74) is -0.350. The number of carbonyl (C=O) groups is 2. The zero-order valence-corrected chi connectivity index (χ0v) is 16.7. The first-order chi connectivity index (χ1) is 9.11. The van der Waals surface area contributed by atoms with Crippen molar-refractivity contribution in [1.29, 1.82) is 0 Å². The van der Waals surface area contributed by atoms with Crippen molar-refractivity contribution in [3.8, 4) is 0 Å². The molecule has 21 heavy (non-hydrogen) atoms. The van der Waals surface area contributed by atoms with Crippen molar-refractivity contribution in [1.82, 2.24) is 10.6 Å². The molecule has 0 saturated carbocycles. The molecule has 0 bridgehead atoms. The summed E-state index contributed by atoms with van der Waals surface area (Å²) in [6.45, 7) is 13.8. The standard InChI is InChI=1S/C9H19NO3.C5H10NO.Y/c1-9(2,3)8(12)10-4-6-13-7-5-11;1-4(2)6-5(3)7;/h11H,4-7H2,1-3H3,(H,10,12);4H,3H2,1-2H3,(H,6,7);/q;-1;. The Morgan fingerprint density at radius 2 is 1.76 bits per heavy atom. The normalized spacial score (nSPS) is 10.0. The average Bonchev–Trinajstić information content (AvgIpc) is 2.26. The molecule has 0 aromatic rings. The van der Waals surface area contributed by atoms with Crippen molar-refractivity contribution >= 4 is 11.8 Å². The minimum absolute atomic E-state index is 0. The Bertz CT molecular complexity index is 279. The van der Waals surface area contributed by atoms with Crippen LogP contribution in [-0.4, -0.2) is 49.3 Å². The topological polar surface area (TPSA) is 87.7 Å². The fraction of sp³-hybridized carbons (Fsp3) is 0.786. The van der Waals surface area contributed by atoms with Crippen LogP contribution in [0.1, 0.15) is 34.6 Å². The molecule has 0 aliphatic rings. The maximum Gasteiger partial charge on any atom is 0.225 e. The van der Waals surface area contributed by atoms with Gasteiger partial charge in [-0.25, -0.2) is 0 Å². The summed E-state index contributed by atoms with van der Waals surface area (Å²) in [6.07, 6.45) is 0. The van der Waals surface area contributed by atoms with E-state index in [-0.39, 0.29) is 62.6 Å². The molecule has 1 radical (unpaired) electrons. The average molecular weight is 378 g/mol. The molecule has 6 nitrogen and oxygen atoms in total. The van der Waals surface area contributed by atoms with Crippen molar-refractivity contribution in [2.24, 2.45) is 5.41 Å². The van der Waals surface area contributed by atoms with E-state index in [4.69, 9.17) is 9.84 Å². The summed E-state index contributed by atoms with van der Waals surface area (Å²) in [7, 11) is 0. The molecule has 2 amide bonds. The molecular weight excluding hydrogens is 349 g/mol. The predicted octanol–water partition coefficient (Wildman–Crippen LogP) is 0.500. The van der Waals surface area contributed by atoms with Crippen LogP contribution in [0.3, 0.4) is 0 Å². The van der Waals surface area contributed by atoms with Gasteiger partial charge in [0.25, 0.3) is 0 Å². The molecule has 0 saturated heterocycles. The first kappa shape index (κ1) is 25.8. The first-order valence-electron chi connectivity index (χ1n) is 6.70. The first-order valence-corrected chi connectivity index (χ1v) is 6.70. The minimum atomic E-state index is -0.350. The van der Waals surface area contributed by atoms with Crippen molar-refractivity contribution in [2.75, 3.05) is 26.4 Å². The minimum Gasteiger partial charge on any atom is -0.394 e. The van der Waals surface area contributed by atoms with Crippen LogP contribution >= 0.6 is 0 Å². The van der Waals surface area contributed by atoms with Crippen molar-refractivity contribution in [3.05, 3.63) is 6.92 Å². The quantitative estimate of drug-likeness (QED) is 0.464. The molecule has 0 aliphatic heterocycles. The number of nitrogens with one attached hydrogen (secondary N) is 2. The monoisotopic (exact) mass is 378 g/mol. The van der Waals surface area contributed by atoms with Gasteiger partial charge < -0.3 is 32.2 Å². The van der Waals surface area contributed by atoms with Crippen LogP contribution in [0.4, 0.5) is 0 Å². The van der Waals surface area contributed by atoms with Crippen molar-refractivity contribution < 1.29 is 52.1 Å². The Labute approximate surface area is 153 Å². The molecule has 7 heteroatoms. The molecule has 0 rings (SSSR count). The number of aliphatic hydroxyl groups is 1. The van der Waals surface area contributed by atoms with E-state index >= 15 is 0 Å². The Kier molecular flexibility index (Phi) is 18.1. The largest absolute Gasteiger partial charge is 0.394 e. The van der Waals surface area contributed by atoms with E-state index in [9.17, 15) is 9.59 Å². The van der Waals surface area contributed by atoms with E-state index in [0.717, 1.165) is 0 Å². The number of ether oxygens (including phenoxy) is 1. The summed E-state index contributed by atoms with van der Waals surface area (Å²) >= 11 is 0. The van der Waals surface area contributed by atoms with E-state index in [0.29, 0.717) is 19.8 Å². The molecule has 0 fully saturated rings. The van der Waals surface area contributed by atoms with Gasteiger partial charge in [-0.15, -0.1) is 0 Å². The van der Waals surface area contributed by atoms with Gasteiger partial charge in [-0.3, -0.25) is 4.79 Å². The van der Waals surface area contributed by atoms with Crippen LogP contribution in [0.15, 0.2) is 0 Å². The van der Waals surface area contributed by atoms with Crippen LogP contribution in [0.25, 0.3) is 0 Å². The molecule has 0 heterocycles. The van der Waals surface area contributed by atoms with E-state index < -0.39 is 0 Å². The van der Waals surface area contributed by atoms with Crippen LogP contribution in [0, 0.1) is 12.3 Å². The second-order valence-electron chi connectivity index (χ2n) is 5.56. The maximum atomic E-state index is 11.3. The van der Waals surface area contributed by atoms with Crippen LogP contribution in [0.2, 0.25) is 0 Å². The fourth-order valence-corrected chi connectivity index (χ4v) is 0.990. The van der Waals surface area contributed by atoms with Gasteiger partial charge >= 0.3 is 0 Å². The molecule has 0 atom stereocenters. The van der Waals surface area contributed by atoms with E-state index in [1.807, 2.05) is 34.6 Å². The summed E-state index contributed by atoms with van der Waals surface area (Å²) in [5, 5.41) is 13.7. The van der Waals surface area contributed by atoms with E-state index in [1.165, 1.54) is 0 Å². The van der Waals surface area contributed by atoms with Gasteiger partial charge in [0.1, 0.15) is 0 Å². The smallest absolute Gasteiger partial charge is 0.225 e. The maximum absolute atomic E-state index is 11.3. The SMILES string of the molecule is CC(C)(C)C(=O)NCCOCCO.[CH2-]C(=O)NC(C)C.[Y]. The number of carbonyl (C=O) groups excluding carboxylic acids is 2. The molecule has 0 aliphatic carbocycles. The predicted molar refractivity (Wildman–Crippen MR) is 79.0 cm³/mol. The number of hydrogen-bond acceptors (Lipinski definition) is 4. The summed E-state index contributed by atoms with van der Waals surface area (Å²) < 4.78 is 4.98. The number of rotatable bonds is 6. The fourth-order valence-electron chi connectivity index (χ4n) is 0.990. The van der Waals surface area contributed by atoms with Crippen LogP contribution in [-0.2, 0) is 47.0 Å². The molecular formula is C14H29N2O4Y-. The summed E-state index contributed by atoms with van der Waals surface area (Å²) in [4.78, 5) is 21.3. The van der Waals surface area contributed by atoms with Gasteiger partial charge in [0.15, 0.2) is 0 Å². The molecule has 0 aromatic heterocycles. The Balaban J connectivity index is -0.000000347. The molecule has 0 unspecified atom stereocenters. The third-order valence-corrected chi connectivity index (χ3v) is 1.90. The van der Waals surface area contributed by atoms with E-state index in [2.05, 4.69) is 17.6 Å². The number of aliphatic hydroxyl groups excluding tert-OH is 1. The summed E-state index contributed by atoms with van der Waals surface area (Å²) in [6, 6.07) is 0.213. The van der Waals surface area contributed by atoms with Gasteiger partial charge in [0.05, 0.1) is 25.7 Å². The zero-order chi connectivity index (χ0) is 16.2. The summed E-state index contributed by atoms with van der Waals surface area (Å²) in [5.74, 6) is -0.199. The molecule has 0 aromatic carbocycles. The van der Waals surface area contributed by atoms with Gasteiger partial charge in [-0.2, -0.15) is 0 Å². The second kappa shape index (κ2) is 14.8.